The van der Waals surface area contributed by atoms with Crippen molar-refractivity contribution in [2.24, 2.45) is 0 Å². The average molecular weight is 395 g/mol. The molecule has 8 nitrogen and oxygen atoms in total. The highest BCUT2D eigenvalue weighted by Crippen LogP contribution is 2.22. The smallest absolute Gasteiger partial charge is 0.348 e. The van der Waals surface area contributed by atoms with Gasteiger partial charge >= 0.3 is 5.63 Å². The summed E-state index contributed by atoms with van der Waals surface area (Å²) in [5, 5.41) is 3.29. The van der Waals surface area contributed by atoms with Gasteiger partial charge in [0.25, 0.3) is 6.01 Å². The number of anilines is 2. The molecule has 3 N–H and O–H groups in total. The van der Waals surface area contributed by atoms with Gasteiger partial charge in [0, 0.05) is 37.6 Å². The number of fused-ring (bicyclic) bond motifs is 1. The molecule has 0 aliphatic rings. The Hall–Kier alpha value is -3.42. The molecule has 0 radical (unpaired) electrons. The molecule has 152 valence electrons. The zero-order valence-electron chi connectivity index (χ0n) is 17.0. The molecule has 0 atom stereocenters. The number of hydrogen-bond donors (Lipinski definition) is 2. The Bertz CT molecular complexity index is 1090. The maximum Gasteiger partial charge on any atom is 0.348 e. The topological polar surface area (TPSA) is 114 Å². The van der Waals surface area contributed by atoms with E-state index in [0.29, 0.717) is 35.1 Å². The van der Waals surface area contributed by atoms with Gasteiger partial charge in [-0.25, -0.2) is 4.79 Å². The van der Waals surface area contributed by atoms with Crippen LogP contribution in [0.2, 0.25) is 0 Å². The summed E-state index contributed by atoms with van der Waals surface area (Å²) in [4.78, 5) is 35.6. The molecule has 3 aromatic rings. The largest absolute Gasteiger partial charge is 0.398 e. The van der Waals surface area contributed by atoms with Crippen LogP contribution in [0, 0.1) is 6.92 Å². The predicted molar refractivity (Wildman–Crippen MR) is 113 cm³/mol. The first-order valence-electron chi connectivity index (χ1n) is 9.32. The third kappa shape index (κ3) is 4.37. The van der Waals surface area contributed by atoms with Gasteiger partial charge in [0.05, 0.1) is 10.9 Å². The Labute approximate surface area is 168 Å². The maximum absolute atomic E-state index is 12.9. The third-order valence-electron chi connectivity index (χ3n) is 4.83. The van der Waals surface area contributed by atoms with Crippen LogP contribution < -0.4 is 16.7 Å². The quantitative estimate of drug-likeness (QED) is 0.616. The lowest BCUT2D eigenvalue weighted by Crippen LogP contribution is -2.49. The van der Waals surface area contributed by atoms with Gasteiger partial charge in [0.2, 0.25) is 5.91 Å². The third-order valence-corrected chi connectivity index (χ3v) is 4.83. The van der Waals surface area contributed by atoms with Crippen molar-refractivity contribution < 1.29 is 9.21 Å². The highest BCUT2D eigenvalue weighted by Gasteiger charge is 2.32. The van der Waals surface area contributed by atoms with E-state index in [1.807, 2.05) is 18.2 Å². The fourth-order valence-corrected chi connectivity index (χ4v) is 3.12. The van der Waals surface area contributed by atoms with E-state index in [4.69, 9.17) is 10.2 Å². The van der Waals surface area contributed by atoms with E-state index in [1.165, 1.54) is 0 Å². The fraction of sp³-hybridized carbons (Fsp3) is 0.333. The molecule has 0 spiro atoms. The SMILES string of the molecule is Cc1c(N)ccc2nc(NC(C)(C)C(=O)N(C)CCc3ccccn3)oc(=O)c12. The molecule has 8 heteroatoms. The summed E-state index contributed by atoms with van der Waals surface area (Å²) in [5.41, 5.74) is 6.78. The minimum atomic E-state index is -1.03. The van der Waals surface area contributed by atoms with Crippen LogP contribution in [-0.2, 0) is 11.2 Å². The normalized spacial score (nSPS) is 11.4. The lowest BCUT2D eigenvalue weighted by Gasteiger charge is -2.30. The molecular weight excluding hydrogens is 370 g/mol. The number of nitrogens with one attached hydrogen (secondary N) is 1. The molecule has 2 aromatic heterocycles. The monoisotopic (exact) mass is 395 g/mol. The number of benzene rings is 1. The van der Waals surface area contributed by atoms with Crippen LogP contribution >= 0.6 is 0 Å². The van der Waals surface area contributed by atoms with E-state index in [0.717, 1.165) is 5.69 Å². The molecule has 3 rings (SSSR count). The van der Waals surface area contributed by atoms with Crippen molar-refractivity contribution >= 4 is 28.5 Å². The minimum absolute atomic E-state index is 0.0110. The Morgan fingerprint density at radius 2 is 2.03 bits per heavy atom. The molecule has 1 aromatic carbocycles. The summed E-state index contributed by atoms with van der Waals surface area (Å²) in [6, 6.07) is 9.03. The number of rotatable bonds is 6. The van der Waals surface area contributed by atoms with Gasteiger partial charge in [0.15, 0.2) is 0 Å². The van der Waals surface area contributed by atoms with Crippen LogP contribution in [0.4, 0.5) is 11.7 Å². The summed E-state index contributed by atoms with van der Waals surface area (Å²) < 4.78 is 5.31. The Balaban J connectivity index is 1.76. The number of carbonyl (C=O) groups excluding carboxylic acids is 1. The van der Waals surface area contributed by atoms with Gasteiger partial charge in [0.1, 0.15) is 5.54 Å². The number of aryl methyl sites for hydroxylation is 1. The van der Waals surface area contributed by atoms with E-state index in [9.17, 15) is 9.59 Å². The van der Waals surface area contributed by atoms with Crippen LogP contribution in [0.1, 0.15) is 25.1 Å². The summed E-state index contributed by atoms with van der Waals surface area (Å²) in [6.07, 6.45) is 2.37. The van der Waals surface area contributed by atoms with Crippen LogP contribution in [0.15, 0.2) is 45.7 Å². The Kier molecular flexibility index (Phi) is 5.54. The fourth-order valence-electron chi connectivity index (χ4n) is 3.12. The van der Waals surface area contributed by atoms with Crippen molar-refractivity contribution in [2.75, 3.05) is 24.6 Å². The summed E-state index contributed by atoms with van der Waals surface area (Å²) in [7, 11) is 1.73. The van der Waals surface area contributed by atoms with E-state index in [-0.39, 0.29) is 11.9 Å². The molecular formula is C21H25N5O3. The average Bonchev–Trinajstić information content (AvgIpc) is 2.68. The molecule has 0 unspecified atom stereocenters. The summed E-state index contributed by atoms with van der Waals surface area (Å²) in [6.45, 7) is 5.68. The van der Waals surface area contributed by atoms with E-state index >= 15 is 0 Å². The van der Waals surface area contributed by atoms with E-state index in [1.54, 1.807) is 51.0 Å². The first-order chi connectivity index (χ1) is 13.7. The number of pyridine rings is 1. The molecule has 2 heterocycles. The summed E-state index contributed by atoms with van der Waals surface area (Å²) in [5.74, 6) is -0.161. The predicted octanol–water partition coefficient (Wildman–Crippen LogP) is 2.37. The van der Waals surface area contributed by atoms with Crippen LogP contribution in [0.5, 0.6) is 0 Å². The van der Waals surface area contributed by atoms with E-state index in [2.05, 4.69) is 15.3 Å². The van der Waals surface area contributed by atoms with Crippen molar-refractivity contribution in [1.29, 1.82) is 0 Å². The van der Waals surface area contributed by atoms with Gasteiger partial charge in [-0.2, -0.15) is 4.98 Å². The maximum atomic E-state index is 12.9. The van der Waals surface area contributed by atoms with Crippen molar-refractivity contribution in [3.63, 3.8) is 0 Å². The molecule has 0 saturated carbocycles. The highest BCUT2D eigenvalue weighted by molar-refractivity contribution is 5.89. The minimum Gasteiger partial charge on any atom is -0.398 e. The number of nitrogen functional groups attached to an aromatic ring is 1. The molecule has 0 saturated heterocycles. The number of hydrogen-bond acceptors (Lipinski definition) is 7. The Morgan fingerprint density at radius 1 is 1.28 bits per heavy atom. The Morgan fingerprint density at radius 3 is 2.72 bits per heavy atom. The van der Waals surface area contributed by atoms with E-state index < -0.39 is 11.2 Å². The van der Waals surface area contributed by atoms with Crippen molar-refractivity contribution in [3.8, 4) is 0 Å². The lowest BCUT2D eigenvalue weighted by molar-refractivity contribution is -0.133. The number of nitrogens with two attached hydrogens (primary N) is 1. The summed E-state index contributed by atoms with van der Waals surface area (Å²) >= 11 is 0. The molecule has 0 bridgehead atoms. The first-order valence-corrected chi connectivity index (χ1v) is 9.32. The number of aromatic nitrogens is 2. The number of carbonyl (C=O) groups is 1. The van der Waals surface area contributed by atoms with Crippen LogP contribution in [-0.4, -0.2) is 39.9 Å². The van der Waals surface area contributed by atoms with Crippen LogP contribution in [0.3, 0.4) is 0 Å². The van der Waals surface area contributed by atoms with Gasteiger partial charge in [-0.15, -0.1) is 0 Å². The zero-order chi connectivity index (χ0) is 21.2. The standard InChI is InChI=1S/C21H25N5O3/c1-13-15(22)8-9-16-17(13)18(27)29-20(24-16)25-21(2,3)19(28)26(4)12-10-14-7-5-6-11-23-14/h5-9,11H,10,12,22H2,1-4H3,(H,24,25). The number of likely N-dealkylation sites (N-methyl/N-ethyl adjacent to an activating group) is 1. The molecule has 29 heavy (non-hydrogen) atoms. The van der Waals surface area contributed by atoms with Gasteiger partial charge in [-0.05, 0) is 50.6 Å². The van der Waals surface area contributed by atoms with Gasteiger partial charge < -0.3 is 20.4 Å². The second kappa shape index (κ2) is 7.90. The first kappa shape index (κ1) is 20.3. The van der Waals surface area contributed by atoms with Crippen molar-refractivity contribution in [3.05, 3.63) is 58.2 Å². The molecule has 0 aliphatic heterocycles. The number of nitrogens with zero attached hydrogens (tertiary/aromatic N) is 3. The lowest BCUT2D eigenvalue weighted by atomic mass is 10.0. The van der Waals surface area contributed by atoms with Crippen molar-refractivity contribution in [2.45, 2.75) is 32.7 Å². The molecule has 0 fully saturated rings. The zero-order valence-corrected chi connectivity index (χ0v) is 17.0. The highest BCUT2D eigenvalue weighted by atomic mass is 16.4. The second-order valence-corrected chi connectivity index (χ2v) is 7.53. The molecule has 0 aliphatic carbocycles. The van der Waals surface area contributed by atoms with Crippen molar-refractivity contribution in [1.82, 2.24) is 14.9 Å². The van der Waals surface area contributed by atoms with Gasteiger partial charge in [-0.1, -0.05) is 6.07 Å². The second-order valence-electron chi connectivity index (χ2n) is 7.53. The van der Waals surface area contributed by atoms with Gasteiger partial charge in [-0.3, -0.25) is 9.78 Å². The molecule has 1 amide bonds. The van der Waals surface area contributed by atoms with Crippen LogP contribution in [0.25, 0.3) is 10.9 Å². The number of amides is 1.